The summed E-state index contributed by atoms with van der Waals surface area (Å²) in [7, 11) is 1.86. The van der Waals surface area contributed by atoms with Crippen molar-refractivity contribution in [2.75, 3.05) is 49.7 Å². The molecule has 6 nitrogen and oxygen atoms in total. The second kappa shape index (κ2) is 7.47. The quantitative estimate of drug-likeness (QED) is 0.712. The number of rotatable bonds is 4. The van der Waals surface area contributed by atoms with E-state index in [0.717, 1.165) is 54.3 Å². The van der Waals surface area contributed by atoms with Gasteiger partial charge in [0, 0.05) is 56.9 Å². The van der Waals surface area contributed by atoms with Crippen molar-refractivity contribution in [1.29, 1.82) is 0 Å². The molecule has 2 aromatic heterocycles. The fourth-order valence-electron chi connectivity index (χ4n) is 3.27. The molecule has 134 valence electrons. The van der Waals surface area contributed by atoms with Crippen LogP contribution in [0.5, 0.6) is 0 Å². The number of benzene rings is 1. The molecule has 0 bridgehead atoms. The summed E-state index contributed by atoms with van der Waals surface area (Å²) in [4.78, 5) is 16.0. The highest BCUT2D eigenvalue weighted by molar-refractivity contribution is 7.96. The van der Waals surface area contributed by atoms with Crippen molar-refractivity contribution >= 4 is 34.5 Å². The van der Waals surface area contributed by atoms with Gasteiger partial charge in [0.2, 0.25) is 0 Å². The summed E-state index contributed by atoms with van der Waals surface area (Å²) in [5.74, 6) is 0.753. The fraction of sp³-hybridized carbons (Fsp3) is 0.316. The van der Waals surface area contributed by atoms with Gasteiger partial charge < -0.3 is 10.2 Å². The molecule has 1 aromatic carbocycles. The van der Waals surface area contributed by atoms with Crippen molar-refractivity contribution in [2.24, 2.45) is 0 Å². The van der Waals surface area contributed by atoms with E-state index in [1.165, 1.54) is 5.69 Å². The molecule has 7 heteroatoms. The van der Waals surface area contributed by atoms with E-state index < -0.39 is 0 Å². The van der Waals surface area contributed by atoms with Gasteiger partial charge in [-0.2, -0.15) is 0 Å². The number of fused-ring (bicyclic) bond motifs is 1. The van der Waals surface area contributed by atoms with Gasteiger partial charge >= 0.3 is 0 Å². The molecule has 3 heterocycles. The highest BCUT2D eigenvalue weighted by atomic mass is 32.2. The van der Waals surface area contributed by atoms with Crippen LogP contribution in [0.15, 0.2) is 42.7 Å². The Bertz CT molecular complexity index is 890. The van der Waals surface area contributed by atoms with Crippen molar-refractivity contribution in [1.82, 2.24) is 19.3 Å². The first kappa shape index (κ1) is 17.1. The van der Waals surface area contributed by atoms with Crippen molar-refractivity contribution in [3.05, 3.63) is 42.7 Å². The normalized spacial score (nSPS) is 15.4. The van der Waals surface area contributed by atoms with E-state index in [1.807, 2.05) is 25.1 Å². The lowest BCUT2D eigenvalue weighted by molar-refractivity contribution is 0.431. The number of hydrogen-bond donors (Lipinski definition) is 1. The van der Waals surface area contributed by atoms with E-state index in [4.69, 9.17) is 4.98 Å². The Morgan fingerprint density at radius 2 is 1.73 bits per heavy atom. The number of piperazine rings is 1. The summed E-state index contributed by atoms with van der Waals surface area (Å²) in [6.45, 7) is 4.32. The molecular formula is C19H22N6S. The van der Waals surface area contributed by atoms with Crippen LogP contribution in [0, 0.1) is 0 Å². The number of anilines is 2. The van der Waals surface area contributed by atoms with E-state index in [9.17, 15) is 0 Å². The minimum absolute atomic E-state index is 0.753. The van der Waals surface area contributed by atoms with Crippen LogP contribution in [0.3, 0.4) is 0 Å². The first-order valence-corrected chi connectivity index (χ1v) is 9.90. The minimum atomic E-state index is 0.753. The van der Waals surface area contributed by atoms with Crippen LogP contribution in [-0.4, -0.2) is 58.7 Å². The standard InChI is InChI=1S/C19H22N6S/c1-20-19-18-17(21-7-8-22-18)13-16(23-19)14-3-5-15(6-4-14)24-9-11-25(26-2)12-10-24/h3-8,13H,9-12H2,1-2H3,(H,20,23). The van der Waals surface area contributed by atoms with Gasteiger partial charge in [-0.3, -0.25) is 4.98 Å². The number of pyridine rings is 1. The van der Waals surface area contributed by atoms with Crippen LogP contribution >= 0.6 is 11.9 Å². The molecule has 0 saturated carbocycles. The second-order valence-corrected chi connectivity index (χ2v) is 7.06. The zero-order chi connectivity index (χ0) is 17.9. The number of nitrogens with zero attached hydrogens (tertiary/aromatic N) is 5. The van der Waals surface area contributed by atoms with Gasteiger partial charge in [-0.05, 0) is 24.5 Å². The molecule has 3 aromatic rings. The molecule has 1 aliphatic rings. The number of aromatic nitrogens is 3. The molecule has 0 radical (unpaired) electrons. The fourth-order valence-corrected chi connectivity index (χ4v) is 3.79. The number of nitrogens with one attached hydrogen (secondary N) is 1. The zero-order valence-corrected chi connectivity index (χ0v) is 15.8. The van der Waals surface area contributed by atoms with Crippen molar-refractivity contribution in [3.63, 3.8) is 0 Å². The summed E-state index contributed by atoms with van der Waals surface area (Å²) >= 11 is 1.83. The van der Waals surface area contributed by atoms with Crippen LogP contribution in [0.2, 0.25) is 0 Å². The molecule has 1 N–H and O–H groups in total. The largest absolute Gasteiger partial charge is 0.371 e. The van der Waals surface area contributed by atoms with E-state index >= 15 is 0 Å². The van der Waals surface area contributed by atoms with Crippen LogP contribution in [0.4, 0.5) is 11.5 Å². The van der Waals surface area contributed by atoms with Crippen molar-refractivity contribution < 1.29 is 0 Å². The van der Waals surface area contributed by atoms with Crippen molar-refractivity contribution in [3.8, 4) is 11.3 Å². The van der Waals surface area contributed by atoms with E-state index in [-0.39, 0.29) is 0 Å². The maximum Gasteiger partial charge on any atom is 0.154 e. The number of hydrogen-bond acceptors (Lipinski definition) is 7. The third kappa shape index (κ3) is 3.32. The van der Waals surface area contributed by atoms with Gasteiger partial charge in [-0.1, -0.05) is 24.1 Å². The Balaban J connectivity index is 1.60. The molecule has 1 saturated heterocycles. The lowest BCUT2D eigenvalue weighted by Crippen LogP contribution is -2.43. The minimum Gasteiger partial charge on any atom is -0.371 e. The molecule has 1 aliphatic heterocycles. The molecule has 0 atom stereocenters. The SMILES string of the molecule is CNc1nc(-c2ccc(N3CCN(SC)CC3)cc2)cc2nccnc12. The monoisotopic (exact) mass is 366 g/mol. The Morgan fingerprint density at radius 3 is 2.42 bits per heavy atom. The van der Waals surface area contributed by atoms with Crippen LogP contribution in [0.25, 0.3) is 22.3 Å². The third-order valence-corrected chi connectivity index (χ3v) is 5.60. The second-order valence-electron chi connectivity index (χ2n) is 6.18. The summed E-state index contributed by atoms with van der Waals surface area (Å²) < 4.78 is 2.41. The van der Waals surface area contributed by atoms with Gasteiger partial charge in [0.1, 0.15) is 5.52 Å². The first-order valence-electron chi connectivity index (χ1n) is 8.72. The third-order valence-electron chi connectivity index (χ3n) is 4.72. The molecule has 0 spiro atoms. The maximum atomic E-state index is 4.72. The molecule has 4 rings (SSSR count). The van der Waals surface area contributed by atoms with Gasteiger partial charge in [0.25, 0.3) is 0 Å². The Labute approximate surface area is 157 Å². The predicted octanol–water partition coefficient (Wildman–Crippen LogP) is 3.13. The molecular weight excluding hydrogens is 344 g/mol. The Hall–Kier alpha value is -2.38. The Morgan fingerprint density at radius 1 is 1.00 bits per heavy atom. The van der Waals surface area contributed by atoms with Gasteiger partial charge in [0.05, 0.1) is 11.2 Å². The topological polar surface area (TPSA) is 57.2 Å². The summed E-state index contributed by atoms with van der Waals surface area (Å²) in [6, 6.07) is 10.6. The van der Waals surface area contributed by atoms with Crippen LogP contribution in [0.1, 0.15) is 0 Å². The highest BCUT2D eigenvalue weighted by Crippen LogP contribution is 2.27. The van der Waals surface area contributed by atoms with Crippen LogP contribution < -0.4 is 10.2 Å². The smallest absolute Gasteiger partial charge is 0.154 e. The average Bonchev–Trinajstić information content (AvgIpc) is 2.73. The lowest BCUT2D eigenvalue weighted by Gasteiger charge is -2.34. The molecule has 1 fully saturated rings. The van der Waals surface area contributed by atoms with Crippen molar-refractivity contribution in [2.45, 2.75) is 0 Å². The van der Waals surface area contributed by atoms with E-state index in [1.54, 1.807) is 12.4 Å². The maximum absolute atomic E-state index is 4.72. The molecule has 0 amide bonds. The molecule has 0 aliphatic carbocycles. The van der Waals surface area contributed by atoms with Gasteiger partial charge in [0.15, 0.2) is 5.82 Å². The molecule has 0 unspecified atom stereocenters. The van der Waals surface area contributed by atoms with Gasteiger partial charge in [-0.25, -0.2) is 14.3 Å². The summed E-state index contributed by atoms with van der Waals surface area (Å²) in [5, 5.41) is 3.12. The lowest BCUT2D eigenvalue weighted by atomic mass is 10.1. The Kier molecular flexibility index (Phi) is 4.90. The zero-order valence-electron chi connectivity index (χ0n) is 15.0. The predicted molar refractivity (Wildman–Crippen MR) is 110 cm³/mol. The van der Waals surface area contributed by atoms with E-state index in [0.29, 0.717) is 0 Å². The average molecular weight is 366 g/mol. The van der Waals surface area contributed by atoms with Crippen LogP contribution in [-0.2, 0) is 0 Å². The summed E-state index contributed by atoms with van der Waals surface area (Å²) in [6.07, 6.45) is 5.55. The first-order chi connectivity index (χ1) is 12.8. The summed E-state index contributed by atoms with van der Waals surface area (Å²) in [5.41, 5.74) is 4.90. The highest BCUT2D eigenvalue weighted by Gasteiger charge is 2.16. The van der Waals surface area contributed by atoms with Gasteiger partial charge in [-0.15, -0.1) is 0 Å². The molecule has 26 heavy (non-hydrogen) atoms. The van der Waals surface area contributed by atoms with E-state index in [2.05, 4.69) is 55.0 Å².